The van der Waals surface area contributed by atoms with Crippen LogP contribution in [0.2, 0.25) is 0 Å². The largest absolute Gasteiger partial charge is 0.393 e. The first-order valence-electron chi connectivity index (χ1n) is 6.28. The molecule has 2 rings (SSSR count). The SMILES string of the molecule is CC(O)C1CCN(C(=O)c2cccc(N)n2)CC1. The maximum Gasteiger partial charge on any atom is 0.272 e. The van der Waals surface area contributed by atoms with Gasteiger partial charge in [-0.1, -0.05) is 6.07 Å². The average molecular weight is 249 g/mol. The molecule has 5 nitrogen and oxygen atoms in total. The van der Waals surface area contributed by atoms with Gasteiger partial charge in [-0.3, -0.25) is 4.79 Å². The van der Waals surface area contributed by atoms with E-state index in [2.05, 4.69) is 4.98 Å². The van der Waals surface area contributed by atoms with Crippen molar-refractivity contribution < 1.29 is 9.90 Å². The van der Waals surface area contributed by atoms with Crippen LogP contribution in [0.25, 0.3) is 0 Å². The highest BCUT2D eigenvalue weighted by atomic mass is 16.3. The molecule has 0 spiro atoms. The second-order valence-corrected chi connectivity index (χ2v) is 4.82. The number of aliphatic hydroxyl groups excluding tert-OH is 1. The quantitative estimate of drug-likeness (QED) is 0.816. The Hall–Kier alpha value is -1.62. The second-order valence-electron chi connectivity index (χ2n) is 4.82. The Kier molecular flexibility index (Phi) is 3.81. The zero-order chi connectivity index (χ0) is 13.1. The van der Waals surface area contributed by atoms with Crippen molar-refractivity contribution in [2.45, 2.75) is 25.9 Å². The number of piperidine rings is 1. The number of nitrogens with zero attached hydrogens (tertiary/aromatic N) is 2. The third-order valence-electron chi connectivity index (χ3n) is 3.50. The summed E-state index contributed by atoms with van der Waals surface area (Å²) in [4.78, 5) is 18.0. The van der Waals surface area contributed by atoms with E-state index in [1.807, 2.05) is 6.92 Å². The van der Waals surface area contributed by atoms with Crippen molar-refractivity contribution in [3.63, 3.8) is 0 Å². The molecule has 2 heterocycles. The highest BCUT2D eigenvalue weighted by Gasteiger charge is 2.26. The molecule has 1 saturated heterocycles. The van der Waals surface area contributed by atoms with Crippen molar-refractivity contribution >= 4 is 11.7 Å². The molecule has 0 aliphatic carbocycles. The number of anilines is 1. The Morgan fingerprint density at radius 2 is 2.17 bits per heavy atom. The summed E-state index contributed by atoms with van der Waals surface area (Å²) in [5.41, 5.74) is 5.97. The van der Waals surface area contributed by atoms with Gasteiger partial charge in [0.25, 0.3) is 5.91 Å². The summed E-state index contributed by atoms with van der Waals surface area (Å²) in [5, 5.41) is 9.52. The van der Waals surface area contributed by atoms with Gasteiger partial charge in [-0.05, 0) is 37.8 Å². The number of pyridine rings is 1. The minimum atomic E-state index is -0.298. The molecule has 1 atom stereocenters. The second kappa shape index (κ2) is 5.35. The van der Waals surface area contributed by atoms with Crippen LogP contribution in [0.15, 0.2) is 18.2 Å². The molecule has 1 amide bonds. The number of aromatic nitrogens is 1. The van der Waals surface area contributed by atoms with E-state index >= 15 is 0 Å². The molecule has 18 heavy (non-hydrogen) atoms. The van der Waals surface area contributed by atoms with E-state index in [9.17, 15) is 9.90 Å². The first kappa shape index (κ1) is 12.8. The van der Waals surface area contributed by atoms with Crippen LogP contribution in [-0.4, -0.2) is 40.1 Å². The molecule has 3 N–H and O–H groups in total. The number of likely N-dealkylation sites (tertiary alicyclic amines) is 1. The van der Waals surface area contributed by atoms with E-state index in [0.29, 0.717) is 30.5 Å². The van der Waals surface area contributed by atoms with Crippen molar-refractivity contribution in [1.29, 1.82) is 0 Å². The van der Waals surface area contributed by atoms with Crippen LogP contribution >= 0.6 is 0 Å². The maximum absolute atomic E-state index is 12.2. The van der Waals surface area contributed by atoms with Crippen LogP contribution in [-0.2, 0) is 0 Å². The lowest BCUT2D eigenvalue weighted by atomic mass is 9.92. The van der Waals surface area contributed by atoms with Gasteiger partial charge in [0, 0.05) is 13.1 Å². The molecule has 1 aromatic rings. The fraction of sp³-hybridized carbons (Fsp3) is 0.538. The van der Waals surface area contributed by atoms with Gasteiger partial charge < -0.3 is 15.7 Å². The summed E-state index contributed by atoms with van der Waals surface area (Å²) in [6, 6.07) is 5.08. The number of carbonyl (C=O) groups excluding carboxylic acids is 1. The summed E-state index contributed by atoms with van der Waals surface area (Å²) >= 11 is 0. The Labute approximate surface area is 107 Å². The third-order valence-corrected chi connectivity index (χ3v) is 3.50. The zero-order valence-corrected chi connectivity index (χ0v) is 10.5. The highest BCUT2D eigenvalue weighted by molar-refractivity contribution is 5.92. The summed E-state index contributed by atoms with van der Waals surface area (Å²) in [6.45, 7) is 3.15. The molecule has 0 bridgehead atoms. The van der Waals surface area contributed by atoms with Gasteiger partial charge in [0.05, 0.1) is 6.10 Å². The van der Waals surface area contributed by atoms with Gasteiger partial charge in [-0.15, -0.1) is 0 Å². The number of hydrogen-bond acceptors (Lipinski definition) is 4. The number of aliphatic hydroxyl groups is 1. The third kappa shape index (κ3) is 2.79. The summed E-state index contributed by atoms with van der Waals surface area (Å²) < 4.78 is 0. The van der Waals surface area contributed by atoms with Gasteiger partial charge in [0.1, 0.15) is 11.5 Å². The van der Waals surface area contributed by atoms with Crippen LogP contribution < -0.4 is 5.73 Å². The van der Waals surface area contributed by atoms with Crippen LogP contribution in [0.4, 0.5) is 5.82 Å². The van der Waals surface area contributed by atoms with Crippen LogP contribution in [0.3, 0.4) is 0 Å². The van der Waals surface area contributed by atoms with Crippen molar-refractivity contribution in [2.24, 2.45) is 5.92 Å². The van der Waals surface area contributed by atoms with Gasteiger partial charge in [-0.25, -0.2) is 4.98 Å². The molecule has 0 radical (unpaired) electrons. The predicted octanol–water partition coefficient (Wildman–Crippen LogP) is 0.897. The van der Waals surface area contributed by atoms with Crippen LogP contribution in [0, 0.1) is 5.92 Å². The van der Waals surface area contributed by atoms with E-state index in [4.69, 9.17) is 5.73 Å². The number of hydrogen-bond donors (Lipinski definition) is 2. The Balaban J connectivity index is 1.99. The van der Waals surface area contributed by atoms with E-state index in [1.54, 1.807) is 23.1 Å². The molecule has 1 unspecified atom stereocenters. The average Bonchev–Trinajstić information content (AvgIpc) is 2.38. The van der Waals surface area contributed by atoms with E-state index in [1.165, 1.54) is 0 Å². The monoisotopic (exact) mass is 249 g/mol. The topological polar surface area (TPSA) is 79.5 Å². The summed E-state index contributed by atoms with van der Waals surface area (Å²) in [7, 11) is 0. The number of amides is 1. The lowest BCUT2D eigenvalue weighted by Crippen LogP contribution is -2.41. The van der Waals surface area contributed by atoms with Gasteiger partial charge >= 0.3 is 0 Å². The van der Waals surface area contributed by atoms with Crippen molar-refractivity contribution in [3.05, 3.63) is 23.9 Å². The fourth-order valence-electron chi connectivity index (χ4n) is 2.32. The van der Waals surface area contributed by atoms with Gasteiger partial charge in [0.2, 0.25) is 0 Å². The van der Waals surface area contributed by atoms with Gasteiger partial charge in [-0.2, -0.15) is 0 Å². The summed E-state index contributed by atoms with van der Waals surface area (Å²) in [6.07, 6.45) is 1.38. The highest BCUT2D eigenvalue weighted by Crippen LogP contribution is 2.21. The fourth-order valence-corrected chi connectivity index (χ4v) is 2.32. The Morgan fingerprint density at radius 1 is 1.50 bits per heavy atom. The van der Waals surface area contributed by atoms with E-state index in [-0.39, 0.29) is 12.0 Å². The Morgan fingerprint density at radius 3 is 2.72 bits per heavy atom. The molecular weight excluding hydrogens is 230 g/mol. The Bertz CT molecular complexity index is 426. The molecular formula is C13H19N3O2. The predicted molar refractivity (Wildman–Crippen MR) is 69.0 cm³/mol. The van der Waals surface area contributed by atoms with Crippen molar-refractivity contribution in [3.8, 4) is 0 Å². The summed E-state index contributed by atoms with van der Waals surface area (Å²) in [5.74, 6) is 0.578. The van der Waals surface area contributed by atoms with E-state index < -0.39 is 0 Å². The normalized spacial score (nSPS) is 18.7. The van der Waals surface area contributed by atoms with Gasteiger partial charge in [0.15, 0.2) is 0 Å². The molecule has 0 saturated carbocycles. The smallest absolute Gasteiger partial charge is 0.272 e. The van der Waals surface area contributed by atoms with Crippen molar-refractivity contribution in [2.75, 3.05) is 18.8 Å². The molecule has 1 aromatic heterocycles. The lowest BCUT2D eigenvalue weighted by molar-refractivity contribution is 0.0517. The minimum Gasteiger partial charge on any atom is -0.393 e. The first-order valence-corrected chi connectivity index (χ1v) is 6.28. The molecule has 5 heteroatoms. The first-order chi connectivity index (χ1) is 8.58. The van der Waals surface area contributed by atoms with E-state index in [0.717, 1.165) is 12.8 Å². The number of nitrogen functional groups attached to an aromatic ring is 1. The zero-order valence-electron chi connectivity index (χ0n) is 10.5. The lowest BCUT2D eigenvalue weighted by Gasteiger charge is -2.33. The number of carbonyl (C=O) groups is 1. The molecule has 98 valence electrons. The van der Waals surface area contributed by atoms with Crippen LogP contribution in [0.1, 0.15) is 30.3 Å². The van der Waals surface area contributed by atoms with Crippen LogP contribution in [0.5, 0.6) is 0 Å². The number of nitrogens with two attached hydrogens (primary N) is 1. The minimum absolute atomic E-state index is 0.0775. The maximum atomic E-state index is 12.2. The standard InChI is InChI=1S/C13H19N3O2/c1-9(17)10-5-7-16(8-6-10)13(18)11-3-2-4-12(14)15-11/h2-4,9-10,17H,5-8H2,1H3,(H2,14,15). The molecule has 0 aromatic carbocycles. The molecule has 1 aliphatic heterocycles. The molecule has 1 aliphatic rings. The van der Waals surface area contributed by atoms with Crippen molar-refractivity contribution in [1.82, 2.24) is 9.88 Å². The molecule has 1 fully saturated rings. The number of rotatable bonds is 2.